The number of aromatic nitrogens is 3. The van der Waals surface area contributed by atoms with Gasteiger partial charge in [-0.2, -0.15) is 0 Å². The van der Waals surface area contributed by atoms with E-state index in [1.165, 1.54) is 6.33 Å². The van der Waals surface area contributed by atoms with Gasteiger partial charge in [0, 0.05) is 11.9 Å². The molecule has 0 aliphatic rings. The van der Waals surface area contributed by atoms with Gasteiger partial charge in [0.1, 0.15) is 23.5 Å². The average molecular weight is 226 g/mol. The Morgan fingerprint density at radius 1 is 1.06 bits per heavy atom. The summed E-state index contributed by atoms with van der Waals surface area (Å²) in [6.07, 6.45) is 3.32. The third-order valence-corrected chi connectivity index (χ3v) is 2.48. The molecule has 0 radical (unpaired) electrons. The Morgan fingerprint density at radius 3 is 2.71 bits per heavy atom. The Hall–Kier alpha value is -2.56. The Bertz CT molecular complexity index is 645. The van der Waals surface area contributed by atoms with Gasteiger partial charge in [-0.1, -0.05) is 0 Å². The van der Waals surface area contributed by atoms with Gasteiger partial charge in [0.15, 0.2) is 0 Å². The lowest BCUT2D eigenvalue weighted by Gasteiger charge is -2.06. The zero-order valence-corrected chi connectivity index (χ0v) is 8.88. The van der Waals surface area contributed by atoms with Gasteiger partial charge in [-0.05, 0) is 30.3 Å². The fraction of sp³-hybridized carbons (Fsp3) is 0. The second-order valence-corrected chi connectivity index (χ2v) is 3.63. The molecule has 0 spiro atoms. The number of rotatable bonds is 2. The van der Waals surface area contributed by atoms with E-state index in [0.717, 1.165) is 22.5 Å². The van der Waals surface area contributed by atoms with Crippen molar-refractivity contribution in [2.45, 2.75) is 0 Å². The number of anilines is 2. The predicted molar refractivity (Wildman–Crippen MR) is 65.3 cm³/mol. The molecule has 5 heteroatoms. The monoisotopic (exact) mass is 226 g/mol. The summed E-state index contributed by atoms with van der Waals surface area (Å²) >= 11 is 0. The first-order valence-electron chi connectivity index (χ1n) is 5.17. The minimum Gasteiger partial charge on any atom is -0.508 e. The molecule has 0 amide bonds. The molecular weight excluding hydrogens is 216 g/mol. The van der Waals surface area contributed by atoms with Gasteiger partial charge in [0.25, 0.3) is 0 Å². The van der Waals surface area contributed by atoms with Crippen LogP contribution in [-0.2, 0) is 0 Å². The number of nitrogens with one attached hydrogen (secondary N) is 2. The summed E-state index contributed by atoms with van der Waals surface area (Å²) in [5.41, 5.74) is 1.66. The molecule has 1 aromatic carbocycles. The van der Waals surface area contributed by atoms with E-state index in [1.807, 2.05) is 12.3 Å². The maximum atomic E-state index is 9.20. The van der Waals surface area contributed by atoms with Crippen molar-refractivity contribution < 1.29 is 5.11 Å². The summed E-state index contributed by atoms with van der Waals surface area (Å²) in [6.45, 7) is 0. The first kappa shape index (κ1) is 9.65. The second kappa shape index (κ2) is 3.79. The average Bonchev–Trinajstić information content (AvgIpc) is 2.81. The fourth-order valence-electron chi connectivity index (χ4n) is 1.65. The third kappa shape index (κ3) is 1.78. The van der Waals surface area contributed by atoms with Crippen molar-refractivity contribution in [3.63, 3.8) is 0 Å². The van der Waals surface area contributed by atoms with Crippen molar-refractivity contribution in [2.75, 3.05) is 5.32 Å². The number of phenols is 1. The van der Waals surface area contributed by atoms with Crippen molar-refractivity contribution in [3.05, 3.63) is 42.9 Å². The molecule has 0 saturated heterocycles. The third-order valence-electron chi connectivity index (χ3n) is 2.48. The van der Waals surface area contributed by atoms with Crippen LogP contribution in [0.4, 0.5) is 11.5 Å². The number of aromatic amines is 1. The van der Waals surface area contributed by atoms with Gasteiger partial charge in [-0.3, -0.25) is 0 Å². The lowest BCUT2D eigenvalue weighted by Crippen LogP contribution is -1.94. The molecule has 3 aromatic rings. The van der Waals surface area contributed by atoms with E-state index in [9.17, 15) is 5.11 Å². The number of aromatic hydroxyl groups is 1. The van der Waals surface area contributed by atoms with Gasteiger partial charge in [-0.25, -0.2) is 9.97 Å². The highest BCUT2D eigenvalue weighted by atomic mass is 16.3. The van der Waals surface area contributed by atoms with Gasteiger partial charge >= 0.3 is 0 Å². The van der Waals surface area contributed by atoms with E-state index in [4.69, 9.17) is 0 Å². The number of benzene rings is 1. The van der Waals surface area contributed by atoms with E-state index in [0.29, 0.717) is 0 Å². The first-order valence-corrected chi connectivity index (χ1v) is 5.17. The van der Waals surface area contributed by atoms with E-state index in [1.54, 1.807) is 24.3 Å². The fourth-order valence-corrected chi connectivity index (χ4v) is 1.65. The van der Waals surface area contributed by atoms with Gasteiger partial charge in [0.2, 0.25) is 0 Å². The van der Waals surface area contributed by atoms with Crippen LogP contribution in [0.15, 0.2) is 42.9 Å². The molecule has 5 nitrogen and oxygen atoms in total. The SMILES string of the molecule is Oc1ccc(Nc2ncnc3[nH]ccc23)cc1. The Balaban J connectivity index is 1.99. The molecule has 84 valence electrons. The molecular formula is C12H10N4O. The number of fused-ring (bicyclic) bond motifs is 1. The summed E-state index contributed by atoms with van der Waals surface area (Å²) < 4.78 is 0. The number of H-pyrrole nitrogens is 1. The normalized spacial score (nSPS) is 10.6. The summed E-state index contributed by atoms with van der Waals surface area (Å²) in [5, 5.41) is 13.3. The number of phenolic OH excluding ortho intramolecular Hbond substituents is 1. The van der Waals surface area contributed by atoms with Crippen LogP contribution < -0.4 is 5.32 Å². The molecule has 3 rings (SSSR count). The molecule has 0 unspecified atom stereocenters. The molecule has 0 fully saturated rings. The summed E-state index contributed by atoms with van der Waals surface area (Å²) in [6, 6.07) is 8.74. The van der Waals surface area contributed by atoms with Gasteiger partial charge < -0.3 is 15.4 Å². The molecule has 0 aliphatic heterocycles. The summed E-state index contributed by atoms with van der Waals surface area (Å²) in [4.78, 5) is 11.3. The molecule has 0 bridgehead atoms. The highest BCUT2D eigenvalue weighted by Crippen LogP contribution is 2.23. The topological polar surface area (TPSA) is 73.8 Å². The van der Waals surface area contributed by atoms with Crippen molar-refractivity contribution in [1.29, 1.82) is 0 Å². The zero-order valence-electron chi connectivity index (χ0n) is 8.88. The van der Waals surface area contributed by atoms with Crippen LogP contribution in [-0.4, -0.2) is 20.1 Å². The highest BCUT2D eigenvalue weighted by Gasteiger charge is 2.04. The van der Waals surface area contributed by atoms with Crippen LogP contribution in [0.1, 0.15) is 0 Å². The molecule has 17 heavy (non-hydrogen) atoms. The smallest absolute Gasteiger partial charge is 0.143 e. The van der Waals surface area contributed by atoms with Crippen molar-refractivity contribution in [1.82, 2.24) is 15.0 Å². The van der Waals surface area contributed by atoms with Crippen molar-refractivity contribution >= 4 is 22.5 Å². The molecule has 3 N–H and O–H groups in total. The maximum Gasteiger partial charge on any atom is 0.143 e. The standard InChI is InChI=1S/C12H10N4O/c17-9-3-1-8(2-4-9)16-12-10-5-6-13-11(10)14-7-15-12/h1-7,17H,(H2,13,14,15,16). The zero-order chi connectivity index (χ0) is 11.7. The first-order chi connectivity index (χ1) is 8.33. The van der Waals surface area contributed by atoms with Crippen LogP contribution in [0.2, 0.25) is 0 Å². The molecule has 2 heterocycles. The summed E-state index contributed by atoms with van der Waals surface area (Å²) in [5.74, 6) is 0.979. The largest absolute Gasteiger partial charge is 0.508 e. The lowest BCUT2D eigenvalue weighted by atomic mass is 10.3. The van der Waals surface area contributed by atoms with Crippen LogP contribution in [0.5, 0.6) is 5.75 Å². The lowest BCUT2D eigenvalue weighted by molar-refractivity contribution is 0.475. The number of hydrogen-bond donors (Lipinski definition) is 3. The molecule has 2 aromatic heterocycles. The van der Waals surface area contributed by atoms with Crippen molar-refractivity contribution in [3.8, 4) is 5.75 Å². The maximum absolute atomic E-state index is 9.20. The highest BCUT2D eigenvalue weighted by molar-refractivity contribution is 5.88. The van der Waals surface area contributed by atoms with Crippen LogP contribution in [0, 0.1) is 0 Å². The van der Waals surface area contributed by atoms with E-state index < -0.39 is 0 Å². The molecule has 0 aliphatic carbocycles. The van der Waals surface area contributed by atoms with Crippen LogP contribution >= 0.6 is 0 Å². The summed E-state index contributed by atoms with van der Waals surface area (Å²) in [7, 11) is 0. The number of nitrogens with zero attached hydrogens (tertiary/aromatic N) is 2. The van der Waals surface area contributed by atoms with E-state index in [2.05, 4.69) is 20.3 Å². The minimum atomic E-state index is 0.241. The van der Waals surface area contributed by atoms with Crippen LogP contribution in [0.3, 0.4) is 0 Å². The quantitative estimate of drug-likeness (QED) is 0.586. The Morgan fingerprint density at radius 2 is 1.88 bits per heavy atom. The number of hydrogen-bond acceptors (Lipinski definition) is 4. The Labute approximate surface area is 97.2 Å². The van der Waals surface area contributed by atoms with Crippen LogP contribution in [0.25, 0.3) is 11.0 Å². The van der Waals surface area contributed by atoms with Gasteiger partial charge in [-0.15, -0.1) is 0 Å². The molecule has 0 atom stereocenters. The minimum absolute atomic E-state index is 0.241. The van der Waals surface area contributed by atoms with Crippen molar-refractivity contribution in [2.24, 2.45) is 0 Å². The Kier molecular flexibility index (Phi) is 2.15. The van der Waals surface area contributed by atoms with Gasteiger partial charge in [0.05, 0.1) is 5.39 Å². The predicted octanol–water partition coefficient (Wildman–Crippen LogP) is 2.41. The van der Waals surface area contributed by atoms with E-state index in [-0.39, 0.29) is 5.75 Å². The second-order valence-electron chi connectivity index (χ2n) is 3.63. The van der Waals surface area contributed by atoms with E-state index >= 15 is 0 Å². The molecule has 0 saturated carbocycles.